The summed E-state index contributed by atoms with van der Waals surface area (Å²) in [5, 5.41) is 3.53. The number of amides is 1. The number of rotatable bonds is 0. The summed E-state index contributed by atoms with van der Waals surface area (Å²) in [5.41, 5.74) is 0. The zero-order chi connectivity index (χ0) is 9.26. The molecule has 74 valence electrons. The lowest BCUT2D eigenvalue weighted by molar-refractivity contribution is -0.128. The molecule has 2 rings (SSSR count). The Morgan fingerprint density at radius 1 is 1.38 bits per heavy atom. The molecule has 0 radical (unpaired) electrons. The summed E-state index contributed by atoms with van der Waals surface area (Å²) in [6.45, 7) is 4.71. The van der Waals surface area contributed by atoms with Gasteiger partial charge in [0.2, 0.25) is 5.91 Å². The minimum atomic E-state index is 0.231. The standard InChI is InChI=1S/C10H18N2O/c1-8(13)12-6-9-4-2-3-5-11-10(9)7-12/h9-11H,2-7H2,1H3/t9-,10+/m1/s1. The molecule has 0 aromatic rings. The minimum Gasteiger partial charge on any atom is -0.341 e. The molecule has 2 fully saturated rings. The van der Waals surface area contributed by atoms with E-state index in [9.17, 15) is 4.79 Å². The number of fused-ring (bicyclic) bond motifs is 1. The van der Waals surface area contributed by atoms with Gasteiger partial charge in [-0.1, -0.05) is 6.42 Å². The molecule has 0 bridgehead atoms. The summed E-state index contributed by atoms with van der Waals surface area (Å²) in [5.74, 6) is 0.946. The summed E-state index contributed by atoms with van der Waals surface area (Å²) in [6, 6.07) is 0.575. The number of nitrogens with zero attached hydrogens (tertiary/aromatic N) is 1. The molecule has 0 aromatic heterocycles. The molecule has 0 spiro atoms. The van der Waals surface area contributed by atoms with Crippen LogP contribution in [0.1, 0.15) is 26.2 Å². The van der Waals surface area contributed by atoms with Crippen molar-refractivity contribution in [2.75, 3.05) is 19.6 Å². The third-order valence-electron chi connectivity index (χ3n) is 3.29. The fourth-order valence-corrected chi connectivity index (χ4v) is 2.47. The van der Waals surface area contributed by atoms with Crippen LogP contribution in [-0.2, 0) is 4.79 Å². The predicted molar refractivity (Wildman–Crippen MR) is 51.4 cm³/mol. The fourth-order valence-electron chi connectivity index (χ4n) is 2.47. The third-order valence-corrected chi connectivity index (χ3v) is 3.29. The summed E-state index contributed by atoms with van der Waals surface area (Å²) in [6.07, 6.45) is 3.91. The molecule has 1 N–H and O–H groups in total. The fraction of sp³-hybridized carbons (Fsp3) is 0.900. The molecule has 2 aliphatic rings. The van der Waals surface area contributed by atoms with Gasteiger partial charge in [0.25, 0.3) is 0 Å². The van der Waals surface area contributed by atoms with Crippen LogP contribution in [0.5, 0.6) is 0 Å². The molecule has 0 aliphatic carbocycles. The highest BCUT2D eigenvalue weighted by Gasteiger charge is 2.33. The number of likely N-dealkylation sites (tertiary alicyclic amines) is 1. The van der Waals surface area contributed by atoms with Crippen molar-refractivity contribution in [3.8, 4) is 0 Å². The van der Waals surface area contributed by atoms with E-state index in [1.165, 1.54) is 19.3 Å². The molecule has 0 unspecified atom stereocenters. The lowest BCUT2D eigenvalue weighted by Crippen LogP contribution is -2.35. The first-order valence-electron chi connectivity index (χ1n) is 5.26. The van der Waals surface area contributed by atoms with E-state index in [0.717, 1.165) is 19.6 Å². The largest absolute Gasteiger partial charge is 0.341 e. The molecular weight excluding hydrogens is 164 g/mol. The molecular formula is C10H18N2O. The van der Waals surface area contributed by atoms with E-state index in [-0.39, 0.29) is 5.91 Å². The van der Waals surface area contributed by atoms with Crippen LogP contribution in [0.2, 0.25) is 0 Å². The Morgan fingerprint density at radius 2 is 2.23 bits per heavy atom. The molecule has 2 heterocycles. The SMILES string of the molecule is CC(=O)N1C[C@H]2CCCCN[C@H]2C1. The van der Waals surface area contributed by atoms with Crippen molar-refractivity contribution in [2.24, 2.45) is 5.92 Å². The van der Waals surface area contributed by atoms with E-state index >= 15 is 0 Å². The zero-order valence-corrected chi connectivity index (χ0v) is 8.25. The van der Waals surface area contributed by atoms with Crippen molar-refractivity contribution < 1.29 is 4.79 Å². The van der Waals surface area contributed by atoms with Crippen molar-refractivity contribution in [3.05, 3.63) is 0 Å². The Balaban J connectivity index is 1.97. The minimum absolute atomic E-state index is 0.231. The maximum Gasteiger partial charge on any atom is 0.219 e. The maximum atomic E-state index is 11.2. The molecule has 13 heavy (non-hydrogen) atoms. The average Bonchev–Trinajstić information content (AvgIpc) is 2.38. The summed E-state index contributed by atoms with van der Waals surface area (Å²) >= 11 is 0. The highest BCUT2D eigenvalue weighted by Crippen LogP contribution is 2.24. The van der Waals surface area contributed by atoms with Gasteiger partial charge in [-0.2, -0.15) is 0 Å². The van der Waals surface area contributed by atoms with Crippen LogP contribution < -0.4 is 5.32 Å². The van der Waals surface area contributed by atoms with Crippen LogP contribution >= 0.6 is 0 Å². The predicted octanol–water partition coefficient (Wildman–Crippen LogP) is 0.607. The Bertz CT molecular complexity index is 191. The van der Waals surface area contributed by atoms with E-state index in [4.69, 9.17) is 0 Å². The van der Waals surface area contributed by atoms with Crippen molar-refractivity contribution in [1.29, 1.82) is 0 Å². The smallest absolute Gasteiger partial charge is 0.219 e. The van der Waals surface area contributed by atoms with E-state index in [1.54, 1.807) is 6.92 Å². The number of nitrogens with one attached hydrogen (secondary N) is 1. The van der Waals surface area contributed by atoms with Gasteiger partial charge >= 0.3 is 0 Å². The second kappa shape index (κ2) is 3.66. The van der Waals surface area contributed by atoms with Crippen LogP contribution in [0.4, 0.5) is 0 Å². The first-order valence-corrected chi connectivity index (χ1v) is 5.26. The van der Waals surface area contributed by atoms with Gasteiger partial charge in [0.15, 0.2) is 0 Å². The van der Waals surface area contributed by atoms with Gasteiger partial charge in [-0.15, -0.1) is 0 Å². The molecule has 2 atom stereocenters. The number of carbonyl (C=O) groups excluding carboxylic acids is 1. The van der Waals surface area contributed by atoms with Gasteiger partial charge in [0.1, 0.15) is 0 Å². The van der Waals surface area contributed by atoms with Crippen LogP contribution in [-0.4, -0.2) is 36.5 Å². The van der Waals surface area contributed by atoms with Gasteiger partial charge in [-0.25, -0.2) is 0 Å². The van der Waals surface area contributed by atoms with Crippen molar-refractivity contribution >= 4 is 5.91 Å². The lowest BCUT2D eigenvalue weighted by Gasteiger charge is -2.14. The van der Waals surface area contributed by atoms with Crippen molar-refractivity contribution in [1.82, 2.24) is 10.2 Å². The van der Waals surface area contributed by atoms with Crippen molar-refractivity contribution in [2.45, 2.75) is 32.2 Å². The topological polar surface area (TPSA) is 32.3 Å². The molecule has 0 saturated carbocycles. The Hall–Kier alpha value is -0.570. The summed E-state index contributed by atoms with van der Waals surface area (Å²) < 4.78 is 0. The van der Waals surface area contributed by atoms with Gasteiger partial charge in [-0.3, -0.25) is 4.79 Å². The molecule has 2 saturated heterocycles. The van der Waals surface area contributed by atoms with Gasteiger partial charge in [0.05, 0.1) is 0 Å². The van der Waals surface area contributed by atoms with E-state index in [0.29, 0.717) is 12.0 Å². The second-order valence-corrected chi connectivity index (χ2v) is 4.24. The lowest BCUT2D eigenvalue weighted by atomic mass is 9.99. The molecule has 3 nitrogen and oxygen atoms in total. The summed E-state index contributed by atoms with van der Waals surface area (Å²) in [7, 11) is 0. The Morgan fingerprint density at radius 3 is 3.00 bits per heavy atom. The van der Waals surface area contributed by atoms with Crippen molar-refractivity contribution in [3.63, 3.8) is 0 Å². The average molecular weight is 182 g/mol. The molecule has 2 aliphatic heterocycles. The number of hydrogen-bond donors (Lipinski definition) is 1. The first kappa shape index (κ1) is 9.00. The first-order chi connectivity index (χ1) is 6.27. The quantitative estimate of drug-likeness (QED) is 0.595. The highest BCUT2D eigenvalue weighted by molar-refractivity contribution is 5.73. The van der Waals surface area contributed by atoms with Crippen LogP contribution in [0.3, 0.4) is 0 Å². The monoisotopic (exact) mass is 182 g/mol. The molecule has 3 heteroatoms. The van der Waals surface area contributed by atoms with Crippen LogP contribution in [0.15, 0.2) is 0 Å². The highest BCUT2D eigenvalue weighted by atomic mass is 16.2. The summed E-state index contributed by atoms with van der Waals surface area (Å²) in [4.78, 5) is 13.2. The number of hydrogen-bond acceptors (Lipinski definition) is 2. The zero-order valence-electron chi connectivity index (χ0n) is 8.25. The normalized spacial score (nSPS) is 34.1. The van der Waals surface area contributed by atoms with Gasteiger partial charge in [0, 0.05) is 26.1 Å². The van der Waals surface area contributed by atoms with E-state index in [2.05, 4.69) is 5.32 Å². The van der Waals surface area contributed by atoms with Crippen LogP contribution in [0, 0.1) is 5.92 Å². The Kier molecular flexibility index (Phi) is 2.54. The van der Waals surface area contributed by atoms with Gasteiger partial charge < -0.3 is 10.2 Å². The van der Waals surface area contributed by atoms with Gasteiger partial charge in [-0.05, 0) is 25.3 Å². The Labute approximate surface area is 79.5 Å². The molecule has 1 amide bonds. The third kappa shape index (κ3) is 1.85. The molecule has 0 aromatic carbocycles. The van der Waals surface area contributed by atoms with E-state index < -0.39 is 0 Å². The van der Waals surface area contributed by atoms with E-state index in [1.807, 2.05) is 4.90 Å². The van der Waals surface area contributed by atoms with Crippen LogP contribution in [0.25, 0.3) is 0 Å². The maximum absolute atomic E-state index is 11.2. The number of carbonyl (C=O) groups is 1. The second-order valence-electron chi connectivity index (χ2n) is 4.24.